The number of hydrogen-bond donors (Lipinski definition) is 0. The van der Waals surface area contributed by atoms with Crippen LogP contribution in [0.1, 0.15) is 47.1 Å². The molecule has 0 bridgehead atoms. The van der Waals surface area contributed by atoms with Gasteiger partial charge in [-0.1, -0.05) is 6.07 Å². The smallest absolute Gasteiger partial charge is 0.306 e. The van der Waals surface area contributed by atoms with Gasteiger partial charge < -0.3 is 18.9 Å². The summed E-state index contributed by atoms with van der Waals surface area (Å²) < 4.78 is 51.5. The van der Waals surface area contributed by atoms with Crippen molar-refractivity contribution in [2.24, 2.45) is 0 Å². The van der Waals surface area contributed by atoms with E-state index in [1.54, 1.807) is 12.1 Å². The molecular formula is C27H21F2NO5. The number of carbonyl (C=O) groups excluding carboxylic acids is 1. The number of methoxy groups -OCH3 is 1. The summed E-state index contributed by atoms with van der Waals surface area (Å²) in [5.74, 6) is -0.0752. The van der Waals surface area contributed by atoms with Crippen molar-refractivity contribution in [1.29, 1.82) is 5.26 Å². The van der Waals surface area contributed by atoms with E-state index in [1.165, 1.54) is 31.4 Å². The molecule has 2 aliphatic rings. The van der Waals surface area contributed by atoms with Gasteiger partial charge in [0.15, 0.2) is 11.6 Å². The molecule has 0 saturated carbocycles. The van der Waals surface area contributed by atoms with Crippen molar-refractivity contribution in [1.82, 2.24) is 0 Å². The van der Waals surface area contributed by atoms with Crippen LogP contribution < -0.4 is 14.2 Å². The summed E-state index contributed by atoms with van der Waals surface area (Å²) in [5, 5.41) is 9.08. The molecule has 0 fully saturated rings. The first-order valence-electron chi connectivity index (χ1n) is 11.2. The van der Waals surface area contributed by atoms with Crippen LogP contribution in [0.2, 0.25) is 0 Å². The van der Waals surface area contributed by atoms with E-state index in [4.69, 9.17) is 24.2 Å². The van der Waals surface area contributed by atoms with E-state index in [9.17, 15) is 13.6 Å². The van der Waals surface area contributed by atoms with Gasteiger partial charge in [0.1, 0.15) is 29.2 Å². The molecule has 3 aromatic carbocycles. The lowest BCUT2D eigenvalue weighted by Gasteiger charge is -2.17. The Kier molecular flexibility index (Phi) is 6.00. The van der Waals surface area contributed by atoms with E-state index < -0.39 is 17.7 Å². The first kappa shape index (κ1) is 22.7. The molecule has 8 heteroatoms. The zero-order valence-electron chi connectivity index (χ0n) is 18.8. The quantitative estimate of drug-likeness (QED) is 0.422. The van der Waals surface area contributed by atoms with Gasteiger partial charge in [0.05, 0.1) is 31.8 Å². The summed E-state index contributed by atoms with van der Waals surface area (Å²) in [6.07, 6.45) is 0.658. The largest absolute Gasteiger partial charge is 0.492 e. The molecule has 0 N–H and O–H groups in total. The molecule has 2 atom stereocenters. The number of nitriles is 1. The Hall–Kier alpha value is -4.12. The molecule has 0 unspecified atom stereocenters. The fourth-order valence-electron chi connectivity index (χ4n) is 4.57. The highest BCUT2D eigenvalue weighted by Crippen LogP contribution is 2.44. The minimum atomic E-state index is -0.614. The fraction of sp³-hybridized carbons (Fsp3) is 0.259. The second-order valence-electron chi connectivity index (χ2n) is 8.43. The number of esters is 1. The average Bonchev–Trinajstić information content (AvgIpc) is 3.47. The molecule has 0 radical (unpaired) electrons. The molecule has 3 aromatic rings. The van der Waals surface area contributed by atoms with Gasteiger partial charge in [-0.05, 0) is 43.2 Å². The van der Waals surface area contributed by atoms with E-state index in [0.29, 0.717) is 47.8 Å². The third kappa shape index (κ3) is 4.37. The van der Waals surface area contributed by atoms with Crippen molar-refractivity contribution in [2.45, 2.75) is 31.3 Å². The van der Waals surface area contributed by atoms with E-state index >= 15 is 0 Å². The van der Waals surface area contributed by atoms with Crippen LogP contribution in [0.3, 0.4) is 0 Å². The minimum Gasteiger partial charge on any atom is -0.492 e. The average molecular weight is 477 g/mol. The van der Waals surface area contributed by atoms with Gasteiger partial charge >= 0.3 is 5.97 Å². The maximum absolute atomic E-state index is 14.9. The zero-order valence-corrected chi connectivity index (χ0v) is 18.8. The Bertz CT molecular complexity index is 1350. The molecule has 0 amide bonds. The molecule has 1 aliphatic heterocycles. The number of hydrogen-bond acceptors (Lipinski definition) is 6. The van der Waals surface area contributed by atoms with Crippen LogP contribution in [0.5, 0.6) is 23.0 Å². The Labute approximate surface area is 200 Å². The van der Waals surface area contributed by atoms with Gasteiger partial charge in [-0.3, -0.25) is 4.79 Å². The second kappa shape index (κ2) is 9.26. The van der Waals surface area contributed by atoms with E-state index in [0.717, 1.165) is 11.6 Å². The molecule has 178 valence electrons. The summed E-state index contributed by atoms with van der Waals surface area (Å²) in [4.78, 5) is 11.6. The van der Waals surface area contributed by atoms with Crippen LogP contribution in [-0.4, -0.2) is 19.7 Å². The highest BCUT2D eigenvalue weighted by molar-refractivity contribution is 5.71. The highest BCUT2D eigenvalue weighted by Gasteiger charge is 2.32. The summed E-state index contributed by atoms with van der Waals surface area (Å²) >= 11 is 0. The van der Waals surface area contributed by atoms with Gasteiger partial charge in [-0.2, -0.15) is 5.26 Å². The summed E-state index contributed by atoms with van der Waals surface area (Å²) in [5.41, 5.74) is 2.13. The normalized spacial score (nSPS) is 17.7. The number of carbonyl (C=O) groups is 1. The van der Waals surface area contributed by atoms with Crippen molar-refractivity contribution in [3.05, 3.63) is 82.4 Å². The van der Waals surface area contributed by atoms with Crippen molar-refractivity contribution >= 4 is 5.97 Å². The third-order valence-corrected chi connectivity index (χ3v) is 6.30. The van der Waals surface area contributed by atoms with E-state index in [1.807, 2.05) is 12.1 Å². The third-order valence-electron chi connectivity index (χ3n) is 6.30. The molecule has 1 heterocycles. The molecule has 0 saturated heterocycles. The summed E-state index contributed by atoms with van der Waals surface area (Å²) in [6.45, 7) is 0.374. The number of halogens is 2. The lowest BCUT2D eigenvalue weighted by molar-refractivity contribution is -0.141. The van der Waals surface area contributed by atoms with Gasteiger partial charge in [-0.25, -0.2) is 8.78 Å². The molecule has 0 aromatic heterocycles. The Balaban J connectivity index is 1.37. The van der Waals surface area contributed by atoms with Gasteiger partial charge in [0.2, 0.25) is 0 Å². The van der Waals surface area contributed by atoms with Crippen LogP contribution in [0.15, 0.2) is 48.5 Å². The Morgan fingerprint density at radius 1 is 1.11 bits per heavy atom. The molecule has 35 heavy (non-hydrogen) atoms. The standard InChI is InChI=1S/C27H21F2NO5/c1-32-26(31)11-16-14-33-24-12-17(3-4-18(16)24)34-23-8-5-19-22(9-7-21(29)27(19)23)35-25-10-15(13-30)2-6-20(25)28/h2-4,6-7,9-10,12,16,23H,5,8,11,14H2,1H3/t16-,23-/m1/s1. The number of rotatable bonds is 6. The maximum atomic E-state index is 14.9. The van der Waals surface area contributed by atoms with Crippen LogP contribution in [0, 0.1) is 23.0 Å². The number of nitrogens with zero attached hydrogens (tertiary/aromatic N) is 1. The summed E-state index contributed by atoms with van der Waals surface area (Å²) in [7, 11) is 1.35. The van der Waals surface area contributed by atoms with Gasteiger partial charge in [-0.15, -0.1) is 0 Å². The van der Waals surface area contributed by atoms with Crippen LogP contribution >= 0.6 is 0 Å². The van der Waals surface area contributed by atoms with Crippen molar-refractivity contribution in [3.8, 4) is 29.1 Å². The van der Waals surface area contributed by atoms with Crippen molar-refractivity contribution in [3.63, 3.8) is 0 Å². The van der Waals surface area contributed by atoms with Gasteiger partial charge in [0.25, 0.3) is 0 Å². The molecule has 6 nitrogen and oxygen atoms in total. The van der Waals surface area contributed by atoms with Crippen LogP contribution in [0.25, 0.3) is 0 Å². The van der Waals surface area contributed by atoms with Crippen LogP contribution in [0.4, 0.5) is 8.78 Å². The fourth-order valence-corrected chi connectivity index (χ4v) is 4.57. The van der Waals surface area contributed by atoms with Gasteiger partial charge in [0, 0.05) is 34.7 Å². The topological polar surface area (TPSA) is 77.8 Å². The highest BCUT2D eigenvalue weighted by atomic mass is 19.1. The lowest BCUT2D eigenvalue weighted by atomic mass is 9.98. The molecule has 0 spiro atoms. The van der Waals surface area contributed by atoms with E-state index in [2.05, 4.69) is 0 Å². The van der Waals surface area contributed by atoms with Crippen LogP contribution in [-0.2, 0) is 16.0 Å². The predicted octanol–water partition coefficient (Wildman–Crippen LogP) is 5.73. The monoisotopic (exact) mass is 477 g/mol. The molecular weight excluding hydrogens is 456 g/mol. The molecule has 5 rings (SSSR count). The zero-order chi connectivity index (χ0) is 24.5. The Morgan fingerprint density at radius 3 is 2.74 bits per heavy atom. The van der Waals surface area contributed by atoms with E-state index in [-0.39, 0.29) is 29.6 Å². The van der Waals surface area contributed by atoms with Crippen molar-refractivity contribution < 1.29 is 32.5 Å². The summed E-state index contributed by atoms with van der Waals surface area (Å²) in [6, 6.07) is 13.9. The van der Waals surface area contributed by atoms with Crippen molar-refractivity contribution in [2.75, 3.05) is 13.7 Å². The molecule has 1 aliphatic carbocycles. The minimum absolute atomic E-state index is 0.0872. The number of benzene rings is 3. The predicted molar refractivity (Wildman–Crippen MR) is 121 cm³/mol. The SMILES string of the molecule is COC(=O)C[C@@H]1COc2cc(O[C@@H]3CCc4c(Oc5cc(C#N)ccc5F)ccc(F)c43)ccc21. The number of fused-ring (bicyclic) bond motifs is 2. The Morgan fingerprint density at radius 2 is 1.94 bits per heavy atom. The lowest BCUT2D eigenvalue weighted by Crippen LogP contribution is -2.09. The number of ether oxygens (including phenoxy) is 4. The second-order valence-corrected chi connectivity index (χ2v) is 8.43. The first-order valence-corrected chi connectivity index (χ1v) is 11.2. The maximum Gasteiger partial charge on any atom is 0.306 e. The first-order chi connectivity index (χ1) is 17.0.